The summed E-state index contributed by atoms with van der Waals surface area (Å²) in [5.74, 6) is 0.604. The van der Waals surface area contributed by atoms with Crippen LogP contribution in [0.2, 0.25) is 0 Å². The molecule has 1 aliphatic heterocycles. The van der Waals surface area contributed by atoms with Crippen molar-refractivity contribution in [1.82, 2.24) is 4.98 Å². The Morgan fingerprint density at radius 3 is 3.00 bits per heavy atom. The monoisotopic (exact) mass is 229 g/mol. The maximum absolute atomic E-state index is 8.81. The Bertz CT molecular complexity index is 502. The van der Waals surface area contributed by atoms with E-state index in [9.17, 15) is 0 Å². The number of hydrogen-bond donors (Lipinski definition) is 1. The van der Waals surface area contributed by atoms with Gasteiger partial charge in [-0.05, 0) is 6.07 Å². The number of aromatic nitrogens is 1. The quantitative estimate of drug-likeness (QED) is 0.741. The molecule has 17 heavy (non-hydrogen) atoms. The van der Waals surface area contributed by atoms with E-state index >= 15 is 0 Å². The van der Waals surface area contributed by atoms with E-state index in [1.807, 2.05) is 11.0 Å². The molecule has 0 saturated carbocycles. The highest BCUT2D eigenvalue weighted by Crippen LogP contribution is 2.22. The van der Waals surface area contributed by atoms with Gasteiger partial charge in [0.2, 0.25) is 0 Å². The summed E-state index contributed by atoms with van der Waals surface area (Å²) in [5, 5.41) is 17.5. The fourth-order valence-electron chi connectivity index (χ4n) is 1.72. The molecule has 6 heteroatoms. The predicted octanol–water partition coefficient (Wildman–Crippen LogP) is 0.264. The molecule has 0 amide bonds. The fourth-order valence-corrected chi connectivity index (χ4v) is 1.72. The van der Waals surface area contributed by atoms with Crippen LogP contribution < -0.4 is 10.6 Å². The van der Waals surface area contributed by atoms with Gasteiger partial charge in [0, 0.05) is 12.7 Å². The molecular weight excluding hydrogens is 218 g/mol. The number of nitriles is 2. The van der Waals surface area contributed by atoms with E-state index < -0.39 is 6.10 Å². The zero-order valence-electron chi connectivity index (χ0n) is 9.13. The Morgan fingerprint density at radius 2 is 2.35 bits per heavy atom. The zero-order chi connectivity index (χ0) is 12.3. The molecule has 0 spiro atoms. The number of ether oxygens (including phenoxy) is 1. The molecule has 0 radical (unpaired) electrons. The molecule has 1 fully saturated rings. The Morgan fingerprint density at radius 1 is 1.53 bits per heavy atom. The average molecular weight is 229 g/mol. The number of hydrogen-bond acceptors (Lipinski definition) is 6. The van der Waals surface area contributed by atoms with Crippen molar-refractivity contribution in [1.29, 1.82) is 10.5 Å². The van der Waals surface area contributed by atoms with Crippen molar-refractivity contribution < 1.29 is 4.74 Å². The van der Waals surface area contributed by atoms with Crippen LogP contribution in [0.4, 0.5) is 11.5 Å². The highest BCUT2D eigenvalue weighted by molar-refractivity contribution is 5.64. The largest absolute Gasteiger partial charge is 0.396 e. The molecule has 1 saturated heterocycles. The van der Waals surface area contributed by atoms with Crippen LogP contribution in [0.1, 0.15) is 5.56 Å². The molecule has 2 N–H and O–H groups in total. The summed E-state index contributed by atoms with van der Waals surface area (Å²) in [5.41, 5.74) is 6.71. The molecule has 6 nitrogen and oxygen atoms in total. The Kier molecular flexibility index (Phi) is 3.08. The van der Waals surface area contributed by atoms with Crippen LogP contribution in [0.3, 0.4) is 0 Å². The molecule has 0 bridgehead atoms. The normalized spacial score (nSPS) is 19.4. The number of rotatable bonds is 1. The molecular formula is C11H11N5O. The lowest BCUT2D eigenvalue weighted by Crippen LogP contribution is -2.42. The summed E-state index contributed by atoms with van der Waals surface area (Å²) < 4.78 is 5.24. The number of nitrogens with zero attached hydrogens (tertiary/aromatic N) is 4. The first-order valence-electron chi connectivity index (χ1n) is 5.16. The summed E-state index contributed by atoms with van der Waals surface area (Å²) in [6, 6.07) is 5.62. The van der Waals surface area contributed by atoms with Crippen molar-refractivity contribution in [2.45, 2.75) is 6.10 Å². The van der Waals surface area contributed by atoms with Crippen LogP contribution in [-0.4, -0.2) is 30.8 Å². The van der Waals surface area contributed by atoms with Gasteiger partial charge in [-0.15, -0.1) is 0 Å². The van der Waals surface area contributed by atoms with Gasteiger partial charge < -0.3 is 15.4 Å². The van der Waals surface area contributed by atoms with Gasteiger partial charge in [-0.25, -0.2) is 4.98 Å². The van der Waals surface area contributed by atoms with Gasteiger partial charge in [-0.1, -0.05) is 0 Å². The van der Waals surface area contributed by atoms with Crippen LogP contribution in [0.15, 0.2) is 12.3 Å². The second-order valence-corrected chi connectivity index (χ2v) is 3.68. The molecule has 1 atom stereocenters. The molecule has 1 aliphatic rings. The minimum absolute atomic E-state index is 0.427. The van der Waals surface area contributed by atoms with E-state index in [-0.39, 0.29) is 0 Å². The Hall–Kier alpha value is -2.31. The van der Waals surface area contributed by atoms with Crippen molar-refractivity contribution in [3.8, 4) is 12.1 Å². The van der Waals surface area contributed by atoms with Crippen molar-refractivity contribution in [3.63, 3.8) is 0 Å². The highest BCUT2D eigenvalue weighted by atomic mass is 16.5. The molecule has 1 aromatic heterocycles. The van der Waals surface area contributed by atoms with Crippen LogP contribution in [-0.2, 0) is 4.74 Å². The third-order valence-electron chi connectivity index (χ3n) is 2.53. The van der Waals surface area contributed by atoms with Crippen molar-refractivity contribution in [2.24, 2.45) is 0 Å². The summed E-state index contributed by atoms with van der Waals surface area (Å²) in [6.45, 7) is 1.56. The van der Waals surface area contributed by atoms with E-state index in [2.05, 4.69) is 11.1 Å². The molecule has 1 unspecified atom stereocenters. The van der Waals surface area contributed by atoms with E-state index in [1.54, 1.807) is 6.07 Å². The van der Waals surface area contributed by atoms with Gasteiger partial charge in [0.15, 0.2) is 11.9 Å². The smallest absolute Gasteiger partial charge is 0.161 e. The molecule has 1 aromatic rings. The maximum Gasteiger partial charge on any atom is 0.161 e. The predicted molar refractivity (Wildman–Crippen MR) is 60.9 cm³/mol. The second-order valence-electron chi connectivity index (χ2n) is 3.68. The lowest BCUT2D eigenvalue weighted by molar-refractivity contribution is 0.0762. The van der Waals surface area contributed by atoms with Crippen molar-refractivity contribution in [3.05, 3.63) is 17.8 Å². The van der Waals surface area contributed by atoms with Crippen LogP contribution in [0.5, 0.6) is 0 Å². The Labute approximate surface area is 98.8 Å². The van der Waals surface area contributed by atoms with Gasteiger partial charge in [0.1, 0.15) is 6.07 Å². The zero-order valence-corrected chi connectivity index (χ0v) is 9.13. The lowest BCUT2D eigenvalue weighted by Gasteiger charge is -2.31. The van der Waals surface area contributed by atoms with E-state index in [0.717, 1.165) is 0 Å². The molecule has 0 aliphatic carbocycles. The third kappa shape index (κ3) is 2.27. The van der Waals surface area contributed by atoms with Crippen LogP contribution in [0, 0.1) is 22.7 Å². The molecule has 86 valence electrons. The summed E-state index contributed by atoms with van der Waals surface area (Å²) in [7, 11) is 0. The number of morpholine rings is 1. The maximum atomic E-state index is 8.81. The van der Waals surface area contributed by atoms with Gasteiger partial charge in [-0.3, -0.25) is 0 Å². The summed E-state index contributed by atoms with van der Waals surface area (Å²) in [4.78, 5) is 6.05. The average Bonchev–Trinajstić information content (AvgIpc) is 2.38. The van der Waals surface area contributed by atoms with Gasteiger partial charge >= 0.3 is 0 Å². The molecule has 0 aromatic carbocycles. The van der Waals surface area contributed by atoms with Gasteiger partial charge in [0.05, 0.1) is 30.5 Å². The number of anilines is 2. The lowest BCUT2D eigenvalue weighted by atomic mass is 10.2. The fraction of sp³-hybridized carbons (Fsp3) is 0.364. The number of nitrogens with two attached hydrogens (primary N) is 1. The highest BCUT2D eigenvalue weighted by Gasteiger charge is 2.22. The minimum Gasteiger partial charge on any atom is -0.396 e. The number of pyridine rings is 1. The standard InChI is InChI=1S/C11H11N5O/c12-4-8-3-10(14)11(15-6-8)16-1-2-17-9(5-13)7-16/h3,6,9H,1-2,7,14H2. The summed E-state index contributed by atoms with van der Waals surface area (Å²) in [6.07, 6.45) is 1.02. The molecule has 2 heterocycles. The van der Waals surface area contributed by atoms with Gasteiger partial charge in [0.25, 0.3) is 0 Å². The topological polar surface area (TPSA) is 99.0 Å². The summed E-state index contributed by atoms with van der Waals surface area (Å²) >= 11 is 0. The van der Waals surface area contributed by atoms with E-state index in [1.165, 1.54) is 6.20 Å². The van der Waals surface area contributed by atoms with Crippen LogP contribution >= 0.6 is 0 Å². The first-order valence-corrected chi connectivity index (χ1v) is 5.16. The minimum atomic E-state index is -0.458. The van der Waals surface area contributed by atoms with Crippen molar-refractivity contribution in [2.75, 3.05) is 30.3 Å². The SMILES string of the molecule is N#Cc1cnc(N2CCOC(C#N)C2)c(N)c1. The molecule has 2 rings (SSSR count). The van der Waals surface area contributed by atoms with E-state index in [4.69, 9.17) is 21.0 Å². The van der Waals surface area contributed by atoms with Gasteiger partial charge in [-0.2, -0.15) is 10.5 Å². The van der Waals surface area contributed by atoms with Crippen molar-refractivity contribution >= 4 is 11.5 Å². The van der Waals surface area contributed by atoms with E-state index in [0.29, 0.717) is 36.8 Å². The first kappa shape index (κ1) is 11.2. The Balaban J connectivity index is 2.23. The third-order valence-corrected chi connectivity index (χ3v) is 2.53. The first-order chi connectivity index (χ1) is 8.24. The number of nitrogen functional groups attached to an aromatic ring is 1. The second kappa shape index (κ2) is 4.69. The van der Waals surface area contributed by atoms with Crippen LogP contribution in [0.25, 0.3) is 0 Å².